The van der Waals surface area contributed by atoms with Crippen molar-refractivity contribution in [3.63, 3.8) is 0 Å². The van der Waals surface area contributed by atoms with Crippen molar-refractivity contribution in [3.05, 3.63) is 18.3 Å². The zero-order chi connectivity index (χ0) is 14.3. The highest BCUT2D eigenvalue weighted by atomic mass is 35.5. The Morgan fingerprint density at radius 1 is 1.35 bits per heavy atom. The van der Waals surface area contributed by atoms with Crippen LogP contribution in [0.5, 0.6) is 5.75 Å². The van der Waals surface area contributed by atoms with E-state index in [4.69, 9.17) is 16.3 Å². The minimum absolute atomic E-state index is 0.222. The topological polar surface area (TPSA) is 34.1 Å². The maximum absolute atomic E-state index is 6.24. The fraction of sp³-hybridized carbons (Fsp3) is 0.688. The van der Waals surface area contributed by atoms with Gasteiger partial charge in [-0.25, -0.2) is 4.98 Å². The van der Waals surface area contributed by atoms with Crippen molar-refractivity contribution in [2.75, 3.05) is 24.3 Å². The van der Waals surface area contributed by atoms with Crippen LogP contribution in [0.25, 0.3) is 0 Å². The number of aromatic nitrogens is 1. The van der Waals surface area contributed by atoms with Crippen molar-refractivity contribution < 1.29 is 4.74 Å². The predicted octanol–water partition coefficient (Wildman–Crippen LogP) is 4.47. The summed E-state index contributed by atoms with van der Waals surface area (Å²) in [6, 6.07) is 3.88. The third kappa shape index (κ3) is 4.02. The van der Waals surface area contributed by atoms with Crippen LogP contribution < -0.4 is 10.1 Å². The molecule has 0 aromatic carbocycles. The number of halogens is 1. The Bertz CT molecular complexity index is 405. The van der Waals surface area contributed by atoms with Gasteiger partial charge in [0.25, 0.3) is 0 Å². The lowest BCUT2D eigenvalue weighted by atomic mass is 9.75. The number of pyridine rings is 1. The first-order valence-corrected chi connectivity index (χ1v) is 8.21. The van der Waals surface area contributed by atoms with Gasteiger partial charge in [0.15, 0.2) is 11.6 Å². The SMILES string of the molecule is CCCOc1cccnc1NCC1(CCl)CCCCC1. The van der Waals surface area contributed by atoms with Gasteiger partial charge in [-0.3, -0.25) is 0 Å². The lowest BCUT2D eigenvalue weighted by molar-refractivity contribution is 0.237. The third-order valence-corrected chi connectivity index (χ3v) is 4.63. The van der Waals surface area contributed by atoms with Crippen molar-refractivity contribution >= 4 is 17.4 Å². The Morgan fingerprint density at radius 2 is 2.15 bits per heavy atom. The Kier molecular flexibility index (Phi) is 5.96. The van der Waals surface area contributed by atoms with Crippen LogP contribution in [0.1, 0.15) is 45.4 Å². The van der Waals surface area contributed by atoms with E-state index in [1.807, 2.05) is 12.1 Å². The number of ether oxygens (including phenoxy) is 1. The van der Waals surface area contributed by atoms with Crippen molar-refractivity contribution in [2.24, 2.45) is 5.41 Å². The fourth-order valence-electron chi connectivity index (χ4n) is 2.78. The summed E-state index contributed by atoms with van der Waals surface area (Å²) < 4.78 is 5.73. The summed E-state index contributed by atoms with van der Waals surface area (Å²) in [6.45, 7) is 3.71. The molecule has 2 rings (SSSR count). The second-order valence-corrected chi connectivity index (χ2v) is 6.01. The van der Waals surface area contributed by atoms with E-state index in [0.29, 0.717) is 0 Å². The van der Waals surface area contributed by atoms with Crippen molar-refractivity contribution in [2.45, 2.75) is 45.4 Å². The quantitative estimate of drug-likeness (QED) is 0.754. The standard InChI is InChI=1S/C16H25ClN2O/c1-2-11-20-14-7-6-10-18-15(14)19-13-16(12-17)8-4-3-5-9-16/h6-7,10H,2-5,8-9,11-13H2,1H3,(H,18,19). The molecule has 4 heteroatoms. The number of alkyl halides is 1. The van der Waals surface area contributed by atoms with Gasteiger partial charge in [0.1, 0.15) is 0 Å². The molecular formula is C16H25ClN2O. The van der Waals surface area contributed by atoms with Crippen LogP contribution in [0.15, 0.2) is 18.3 Å². The van der Waals surface area contributed by atoms with E-state index in [9.17, 15) is 0 Å². The van der Waals surface area contributed by atoms with Crippen LogP contribution in [0.3, 0.4) is 0 Å². The van der Waals surface area contributed by atoms with Crippen LogP contribution in [0.2, 0.25) is 0 Å². The molecule has 3 nitrogen and oxygen atoms in total. The lowest BCUT2D eigenvalue weighted by Gasteiger charge is -2.35. The smallest absolute Gasteiger partial charge is 0.168 e. The molecular weight excluding hydrogens is 272 g/mol. The van der Waals surface area contributed by atoms with Crippen LogP contribution >= 0.6 is 11.6 Å². The Morgan fingerprint density at radius 3 is 2.85 bits per heavy atom. The second kappa shape index (κ2) is 7.72. The average molecular weight is 297 g/mol. The van der Waals surface area contributed by atoms with E-state index in [-0.39, 0.29) is 5.41 Å². The molecule has 0 atom stereocenters. The molecule has 1 aliphatic carbocycles. The summed E-state index contributed by atoms with van der Waals surface area (Å²) in [5.74, 6) is 2.41. The maximum atomic E-state index is 6.24. The molecule has 0 radical (unpaired) electrons. The summed E-state index contributed by atoms with van der Waals surface area (Å²) in [5.41, 5.74) is 0.222. The van der Waals surface area contributed by atoms with Gasteiger partial charge in [0.2, 0.25) is 0 Å². The highest BCUT2D eigenvalue weighted by molar-refractivity contribution is 6.18. The van der Waals surface area contributed by atoms with Crippen molar-refractivity contribution in [1.29, 1.82) is 0 Å². The first kappa shape index (κ1) is 15.4. The number of hydrogen-bond acceptors (Lipinski definition) is 3. The molecule has 1 fully saturated rings. The summed E-state index contributed by atoms with van der Waals surface area (Å²) in [5, 5.41) is 3.46. The first-order chi connectivity index (χ1) is 9.79. The molecule has 1 aliphatic rings. The third-order valence-electron chi connectivity index (χ3n) is 4.06. The number of rotatable bonds is 7. The minimum Gasteiger partial charge on any atom is -0.490 e. The van der Waals surface area contributed by atoms with E-state index in [0.717, 1.165) is 37.0 Å². The normalized spacial score (nSPS) is 17.7. The molecule has 0 amide bonds. The summed E-state index contributed by atoms with van der Waals surface area (Å²) in [6.07, 6.45) is 9.14. The summed E-state index contributed by atoms with van der Waals surface area (Å²) in [4.78, 5) is 4.40. The molecule has 0 aliphatic heterocycles. The molecule has 0 saturated heterocycles. The summed E-state index contributed by atoms with van der Waals surface area (Å²) >= 11 is 6.24. The van der Waals surface area contributed by atoms with Gasteiger partial charge in [0, 0.05) is 24.0 Å². The van der Waals surface area contributed by atoms with Crippen LogP contribution in [-0.4, -0.2) is 24.0 Å². The molecule has 1 aromatic heterocycles. The Labute approximate surface area is 127 Å². The van der Waals surface area contributed by atoms with Gasteiger partial charge in [-0.15, -0.1) is 11.6 Å². The Balaban J connectivity index is 1.98. The van der Waals surface area contributed by atoms with Gasteiger partial charge >= 0.3 is 0 Å². The molecule has 20 heavy (non-hydrogen) atoms. The van der Waals surface area contributed by atoms with Gasteiger partial charge in [-0.05, 0) is 31.4 Å². The number of hydrogen-bond donors (Lipinski definition) is 1. The molecule has 1 aromatic rings. The zero-order valence-corrected chi connectivity index (χ0v) is 13.1. The van der Waals surface area contributed by atoms with Gasteiger partial charge in [0.05, 0.1) is 6.61 Å². The van der Waals surface area contributed by atoms with Gasteiger partial charge in [-0.1, -0.05) is 26.2 Å². The number of anilines is 1. The number of nitrogens with zero attached hydrogens (tertiary/aromatic N) is 1. The molecule has 1 N–H and O–H groups in total. The second-order valence-electron chi connectivity index (χ2n) is 5.75. The minimum atomic E-state index is 0.222. The van der Waals surface area contributed by atoms with Gasteiger partial charge < -0.3 is 10.1 Å². The van der Waals surface area contributed by atoms with E-state index in [1.54, 1.807) is 6.20 Å². The van der Waals surface area contributed by atoms with E-state index >= 15 is 0 Å². The molecule has 0 spiro atoms. The van der Waals surface area contributed by atoms with Crippen LogP contribution in [-0.2, 0) is 0 Å². The van der Waals surface area contributed by atoms with Crippen LogP contribution in [0.4, 0.5) is 5.82 Å². The highest BCUT2D eigenvalue weighted by Gasteiger charge is 2.31. The maximum Gasteiger partial charge on any atom is 0.168 e. The van der Waals surface area contributed by atoms with Crippen LogP contribution in [0, 0.1) is 5.41 Å². The fourth-order valence-corrected chi connectivity index (χ4v) is 3.14. The zero-order valence-electron chi connectivity index (χ0n) is 12.3. The molecule has 1 saturated carbocycles. The summed E-state index contributed by atoms with van der Waals surface area (Å²) in [7, 11) is 0. The van der Waals surface area contributed by atoms with E-state index < -0.39 is 0 Å². The number of nitrogens with one attached hydrogen (secondary N) is 1. The average Bonchev–Trinajstić information content (AvgIpc) is 2.52. The van der Waals surface area contributed by atoms with E-state index in [2.05, 4.69) is 17.2 Å². The lowest BCUT2D eigenvalue weighted by Crippen LogP contribution is -2.34. The Hall–Kier alpha value is -0.960. The monoisotopic (exact) mass is 296 g/mol. The van der Waals surface area contributed by atoms with Crippen molar-refractivity contribution in [3.8, 4) is 5.75 Å². The van der Waals surface area contributed by atoms with Crippen molar-refractivity contribution in [1.82, 2.24) is 4.98 Å². The molecule has 112 valence electrons. The molecule has 1 heterocycles. The predicted molar refractivity (Wildman–Crippen MR) is 84.8 cm³/mol. The largest absolute Gasteiger partial charge is 0.490 e. The molecule has 0 bridgehead atoms. The highest BCUT2D eigenvalue weighted by Crippen LogP contribution is 2.38. The van der Waals surface area contributed by atoms with Gasteiger partial charge in [-0.2, -0.15) is 0 Å². The first-order valence-electron chi connectivity index (χ1n) is 7.67. The molecule has 0 unspecified atom stereocenters. The van der Waals surface area contributed by atoms with E-state index in [1.165, 1.54) is 32.1 Å².